The number of nitrogens with one attached hydrogen (secondary N) is 2. The third kappa shape index (κ3) is 17.5. The van der Waals surface area contributed by atoms with Gasteiger partial charge in [-0.1, -0.05) is 125 Å². The fourth-order valence-electron chi connectivity index (χ4n) is 9.53. The Balaban J connectivity index is 0.000000157. The van der Waals surface area contributed by atoms with Gasteiger partial charge in [0.15, 0.2) is 0 Å². The molecule has 2 N–H and O–H groups in total. The molecule has 2 saturated heterocycles. The molecule has 6 aliphatic heterocycles. The van der Waals surface area contributed by atoms with Crippen LogP contribution in [0.5, 0.6) is 0 Å². The van der Waals surface area contributed by atoms with Crippen LogP contribution in [0.25, 0.3) is 0 Å². The fourth-order valence-corrected chi connectivity index (χ4v) is 9.53. The summed E-state index contributed by atoms with van der Waals surface area (Å²) in [7, 11) is 0. The molecule has 0 unspecified atom stereocenters. The standard InChI is InChI=1S/2C10H19NO2.2C10H13N.2C10H11N/c2*1-8(2)7-13-10(12)11-6-4-5-9(11)3;4*1-8-10-5-3-2-4-9(10)6-7-11-8/h2*8-9H,4-7H2,1-3H3;2*2-5,8,11H,6-7H2,1H3;2*2-5H,6-7H2,1H3/t2*9-;2*8-;;/m1010../s1. The van der Waals surface area contributed by atoms with Gasteiger partial charge in [0.1, 0.15) is 0 Å². The molecule has 380 valence electrons. The zero-order chi connectivity index (χ0) is 50.4. The Morgan fingerprint density at radius 1 is 0.543 bits per heavy atom. The largest absolute Gasteiger partial charge is 0.449 e. The van der Waals surface area contributed by atoms with Crippen molar-refractivity contribution in [1.82, 2.24) is 20.4 Å². The molecule has 2 fully saturated rings. The van der Waals surface area contributed by atoms with E-state index in [2.05, 4.69) is 159 Å². The van der Waals surface area contributed by atoms with Crippen LogP contribution in [0.2, 0.25) is 0 Å². The average Bonchev–Trinajstić information content (AvgIpc) is 4.02. The van der Waals surface area contributed by atoms with E-state index in [1.165, 1.54) is 68.8 Å². The van der Waals surface area contributed by atoms with E-state index >= 15 is 0 Å². The number of hydrogen-bond acceptors (Lipinski definition) is 8. The molecule has 0 radical (unpaired) electrons. The maximum Gasteiger partial charge on any atom is 0.410 e. The first-order valence-electron chi connectivity index (χ1n) is 26.4. The molecule has 70 heavy (non-hydrogen) atoms. The van der Waals surface area contributed by atoms with Gasteiger partial charge >= 0.3 is 12.2 Å². The Bertz CT molecular complexity index is 2130. The number of likely N-dealkylation sites (tertiary alicyclic amines) is 2. The van der Waals surface area contributed by atoms with Gasteiger partial charge in [0.05, 0.1) is 13.2 Å². The van der Waals surface area contributed by atoms with E-state index in [1.807, 2.05) is 37.5 Å². The van der Waals surface area contributed by atoms with Crippen molar-refractivity contribution < 1.29 is 19.1 Å². The summed E-state index contributed by atoms with van der Waals surface area (Å²) in [6.45, 7) is 27.9. The summed E-state index contributed by atoms with van der Waals surface area (Å²) >= 11 is 0. The normalized spacial score (nSPS) is 20.4. The number of ether oxygens (including phenoxy) is 2. The molecule has 0 bridgehead atoms. The first kappa shape index (κ1) is 55.6. The first-order chi connectivity index (χ1) is 33.7. The Kier molecular flexibility index (Phi) is 23.1. The molecule has 6 heterocycles. The van der Waals surface area contributed by atoms with Crippen molar-refractivity contribution in [2.45, 2.75) is 145 Å². The van der Waals surface area contributed by atoms with E-state index in [0.29, 0.717) is 49.2 Å². The van der Waals surface area contributed by atoms with Crippen LogP contribution in [0.15, 0.2) is 107 Å². The highest BCUT2D eigenvalue weighted by molar-refractivity contribution is 6.01. The lowest BCUT2D eigenvalue weighted by molar-refractivity contribution is 0.0897. The predicted octanol–water partition coefficient (Wildman–Crippen LogP) is 12.4. The highest BCUT2D eigenvalue weighted by Crippen LogP contribution is 2.23. The summed E-state index contributed by atoms with van der Waals surface area (Å²) in [5, 5.41) is 6.88. The van der Waals surface area contributed by atoms with Crippen LogP contribution in [-0.2, 0) is 35.2 Å². The molecule has 2 amide bonds. The number of rotatable bonds is 4. The molecule has 4 aromatic carbocycles. The second-order valence-electron chi connectivity index (χ2n) is 20.3. The number of nitrogens with zero attached hydrogens (tertiary/aromatic N) is 4. The Morgan fingerprint density at radius 3 is 1.23 bits per heavy atom. The zero-order valence-electron chi connectivity index (χ0n) is 44.4. The molecule has 4 atom stereocenters. The van der Waals surface area contributed by atoms with Gasteiger partial charge in [-0.05, 0) is 162 Å². The van der Waals surface area contributed by atoms with Gasteiger partial charge in [0.25, 0.3) is 0 Å². The minimum atomic E-state index is -0.140. The Labute approximate surface area is 422 Å². The molecule has 6 aliphatic rings. The van der Waals surface area contributed by atoms with Gasteiger partial charge in [-0.2, -0.15) is 0 Å². The number of carbonyl (C=O) groups excluding carboxylic acids is 2. The minimum Gasteiger partial charge on any atom is -0.449 e. The lowest BCUT2D eigenvalue weighted by Crippen LogP contribution is -2.34. The van der Waals surface area contributed by atoms with Crippen molar-refractivity contribution in [3.05, 3.63) is 142 Å². The first-order valence-corrected chi connectivity index (χ1v) is 26.4. The predicted molar refractivity (Wildman–Crippen MR) is 291 cm³/mol. The maximum absolute atomic E-state index is 11.5. The second kappa shape index (κ2) is 29.1. The molecular formula is C60H86N6O4. The van der Waals surface area contributed by atoms with E-state index < -0.39 is 0 Å². The van der Waals surface area contributed by atoms with Crippen molar-refractivity contribution in [2.75, 3.05) is 52.5 Å². The summed E-state index contributed by atoms with van der Waals surface area (Å²) in [4.78, 5) is 35.3. The van der Waals surface area contributed by atoms with E-state index in [-0.39, 0.29) is 12.2 Å². The Morgan fingerprint density at radius 2 is 0.900 bits per heavy atom. The lowest BCUT2D eigenvalue weighted by Gasteiger charge is -2.23. The number of amides is 2. The molecule has 0 spiro atoms. The van der Waals surface area contributed by atoms with Crippen LogP contribution in [0.1, 0.15) is 152 Å². The molecule has 4 aromatic rings. The zero-order valence-corrected chi connectivity index (χ0v) is 44.4. The van der Waals surface area contributed by atoms with Crippen LogP contribution in [0.3, 0.4) is 0 Å². The molecule has 10 nitrogen and oxygen atoms in total. The number of carbonyl (C=O) groups is 2. The molecule has 0 aromatic heterocycles. The van der Waals surface area contributed by atoms with E-state index in [4.69, 9.17) is 9.47 Å². The number of aliphatic imine (C=N–C) groups is 2. The summed E-state index contributed by atoms with van der Waals surface area (Å²) < 4.78 is 10.3. The highest BCUT2D eigenvalue weighted by Gasteiger charge is 2.27. The smallest absolute Gasteiger partial charge is 0.410 e. The van der Waals surface area contributed by atoms with E-state index in [0.717, 1.165) is 77.8 Å². The van der Waals surface area contributed by atoms with Gasteiger partial charge < -0.3 is 29.9 Å². The maximum atomic E-state index is 11.5. The fraction of sp³-hybridized carbons (Fsp3) is 0.533. The SMILES string of the molecule is CC(C)COC(=O)N1CCC[C@@H]1C.CC(C)COC(=O)N1CCC[C@H]1C.CC1=NCCc2ccccc21.CC1=NCCc2ccccc21.C[C@@H]1NCCc2ccccc21.C[C@H]1NCCc2ccccc21. The highest BCUT2D eigenvalue weighted by atomic mass is 16.6. The minimum absolute atomic E-state index is 0.140. The molecule has 10 rings (SSSR count). The van der Waals surface area contributed by atoms with Crippen LogP contribution in [0.4, 0.5) is 9.59 Å². The van der Waals surface area contributed by atoms with Gasteiger partial charge in [0.2, 0.25) is 0 Å². The van der Waals surface area contributed by atoms with Crippen molar-refractivity contribution in [3.8, 4) is 0 Å². The van der Waals surface area contributed by atoms with Gasteiger partial charge in [-0.15, -0.1) is 0 Å². The molecule has 10 heteroatoms. The molecular weight excluding hydrogens is 869 g/mol. The Hall–Kier alpha value is -5.32. The van der Waals surface area contributed by atoms with Crippen LogP contribution in [0, 0.1) is 11.8 Å². The summed E-state index contributed by atoms with van der Waals surface area (Å²) in [6.07, 6.45) is 8.73. The quantitative estimate of drug-likeness (QED) is 0.211. The monoisotopic (exact) mass is 955 g/mol. The van der Waals surface area contributed by atoms with Crippen LogP contribution in [-0.4, -0.2) is 98.0 Å². The van der Waals surface area contributed by atoms with E-state index in [9.17, 15) is 9.59 Å². The second-order valence-corrected chi connectivity index (χ2v) is 20.3. The van der Waals surface area contributed by atoms with Crippen LogP contribution < -0.4 is 10.6 Å². The third-order valence-electron chi connectivity index (χ3n) is 13.7. The van der Waals surface area contributed by atoms with Crippen molar-refractivity contribution >= 4 is 23.6 Å². The van der Waals surface area contributed by atoms with Crippen molar-refractivity contribution in [3.63, 3.8) is 0 Å². The van der Waals surface area contributed by atoms with Gasteiger partial charge in [-0.25, -0.2) is 9.59 Å². The number of fused-ring (bicyclic) bond motifs is 4. The summed E-state index contributed by atoms with van der Waals surface area (Å²) in [5.41, 5.74) is 13.9. The average molecular weight is 955 g/mol. The topological polar surface area (TPSA) is 108 Å². The summed E-state index contributed by atoms with van der Waals surface area (Å²) in [5.74, 6) is 0.837. The third-order valence-corrected chi connectivity index (χ3v) is 13.7. The van der Waals surface area contributed by atoms with Gasteiger partial charge in [0, 0.05) is 61.8 Å². The van der Waals surface area contributed by atoms with Crippen molar-refractivity contribution in [2.24, 2.45) is 21.8 Å². The number of hydrogen-bond donors (Lipinski definition) is 2. The molecule has 0 aliphatic carbocycles. The number of benzene rings is 4. The lowest BCUT2D eigenvalue weighted by atomic mass is 9.96. The van der Waals surface area contributed by atoms with E-state index in [1.54, 1.807) is 0 Å². The molecule has 0 saturated carbocycles. The van der Waals surface area contributed by atoms with Crippen molar-refractivity contribution in [1.29, 1.82) is 0 Å². The van der Waals surface area contributed by atoms with Gasteiger partial charge in [-0.3, -0.25) is 9.98 Å². The van der Waals surface area contributed by atoms with Crippen LogP contribution >= 0.6 is 0 Å². The summed E-state index contributed by atoms with van der Waals surface area (Å²) in [6, 6.07) is 36.2.